The molecule has 0 fully saturated rings. The monoisotopic (exact) mass is 354 g/mol. The van der Waals surface area contributed by atoms with E-state index >= 15 is 0 Å². The van der Waals surface area contributed by atoms with Crippen LogP contribution in [0.1, 0.15) is 42.3 Å². The second-order valence-corrected chi connectivity index (χ2v) is 7.29. The minimum absolute atomic E-state index is 0.00425. The van der Waals surface area contributed by atoms with Crippen LogP contribution in [0.2, 0.25) is 0 Å². The first-order chi connectivity index (χ1) is 12.2. The molecule has 0 saturated heterocycles. The number of rotatable bonds is 4. The van der Waals surface area contributed by atoms with E-state index in [-0.39, 0.29) is 17.8 Å². The number of benzene rings is 2. The summed E-state index contributed by atoms with van der Waals surface area (Å²) in [6, 6.07) is 8.48. The molecular weight excluding hydrogens is 332 g/mol. The van der Waals surface area contributed by atoms with Gasteiger partial charge in [0, 0.05) is 17.7 Å². The van der Waals surface area contributed by atoms with Crippen LogP contribution in [0.25, 0.3) is 16.7 Å². The summed E-state index contributed by atoms with van der Waals surface area (Å²) in [4.78, 5) is 12.7. The van der Waals surface area contributed by atoms with Gasteiger partial charge in [0.1, 0.15) is 22.5 Å². The molecule has 1 aromatic heterocycles. The molecule has 7 heteroatoms. The SMILES string of the molecule is CC(C)(C)c1cc(CCO)cc(-n2nc3ccc(C(N)=O)cc3n2)c1O. The Morgan fingerprint density at radius 1 is 1.15 bits per heavy atom. The molecule has 26 heavy (non-hydrogen) atoms. The molecule has 0 atom stereocenters. The maximum absolute atomic E-state index is 11.4. The number of phenolic OH excluding ortho intramolecular Hbond substituents is 1. The van der Waals surface area contributed by atoms with Crippen LogP contribution in [0, 0.1) is 0 Å². The number of carbonyl (C=O) groups is 1. The standard InChI is InChI=1S/C19H22N4O3/c1-19(2,3)13-8-11(6-7-24)9-16(17(13)25)23-21-14-5-4-12(18(20)26)10-15(14)22-23/h4-5,8-10,24-25H,6-7H2,1-3H3,(H2,20,26). The number of hydrogen-bond donors (Lipinski definition) is 3. The topological polar surface area (TPSA) is 114 Å². The molecule has 136 valence electrons. The van der Waals surface area contributed by atoms with Crippen LogP contribution >= 0.6 is 0 Å². The maximum atomic E-state index is 11.4. The van der Waals surface area contributed by atoms with Gasteiger partial charge in [0.15, 0.2) is 0 Å². The molecule has 0 radical (unpaired) electrons. The van der Waals surface area contributed by atoms with Gasteiger partial charge in [-0.2, -0.15) is 0 Å². The van der Waals surface area contributed by atoms with Crippen LogP contribution in [-0.2, 0) is 11.8 Å². The Morgan fingerprint density at radius 3 is 2.46 bits per heavy atom. The van der Waals surface area contributed by atoms with Gasteiger partial charge in [-0.25, -0.2) is 0 Å². The largest absolute Gasteiger partial charge is 0.505 e. The van der Waals surface area contributed by atoms with E-state index < -0.39 is 5.91 Å². The zero-order chi connectivity index (χ0) is 19.1. The molecular formula is C19H22N4O3. The lowest BCUT2D eigenvalue weighted by Gasteiger charge is -2.23. The van der Waals surface area contributed by atoms with E-state index in [0.717, 1.165) is 11.1 Å². The number of phenols is 1. The third-order valence-electron chi connectivity index (χ3n) is 4.24. The predicted octanol–water partition coefficient (Wildman–Crippen LogP) is 2.06. The van der Waals surface area contributed by atoms with Crippen molar-refractivity contribution in [2.45, 2.75) is 32.6 Å². The summed E-state index contributed by atoms with van der Waals surface area (Å²) in [7, 11) is 0. The van der Waals surface area contributed by atoms with Gasteiger partial charge in [-0.05, 0) is 41.7 Å². The van der Waals surface area contributed by atoms with Crippen LogP contribution in [0.3, 0.4) is 0 Å². The third kappa shape index (κ3) is 3.25. The van der Waals surface area contributed by atoms with E-state index in [2.05, 4.69) is 10.2 Å². The van der Waals surface area contributed by atoms with Gasteiger partial charge in [0.2, 0.25) is 5.91 Å². The van der Waals surface area contributed by atoms with E-state index in [0.29, 0.717) is 28.7 Å². The number of fused-ring (bicyclic) bond motifs is 1. The molecule has 0 aliphatic rings. The number of aromatic nitrogens is 3. The van der Waals surface area contributed by atoms with Gasteiger partial charge in [-0.1, -0.05) is 26.8 Å². The Bertz CT molecular complexity index is 986. The second-order valence-electron chi connectivity index (χ2n) is 7.29. The van der Waals surface area contributed by atoms with Gasteiger partial charge >= 0.3 is 0 Å². The van der Waals surface area contributed by atoms with Crippen LogP contribution in [0.15, 0.2) is 30.3 Å². The second kappa shape index (κ2) is 6.42. The van der Waals surface area contributed by atoms with Gasteiger partial charge < -0.3 is 15.9 Å². The van der Waals surface area contributed by atoms with E-state index in [9.17, 15) is 15.0 Å². The summed E-state index contributed by atoms with van der Waals surface area (Å²) in [5, 5.41) is 28.9. The zero-order valence-corrected chi connectivity index (χ0v) is 15.0. The lowest BCUT2D eigenvalue weighted by atomic mass is 9.84. The molecule has 2 aromatic carbocycles. The number of aliphatic hydroxyl groups excluding tert-OH is 1. The fourth-order valence-corrected chi connectivity index (χ4v) is 2.85. The molecule has 3 rings (SSSR count). The Hall–Kier alpha value is -2.93. The van der Waals surface area contributed by atoms with Crippen molar-refractivity contribution >= 4 is 16.9 Å². The first kappa shape index (κ1) is 17.9. The maximum Gasteiger partial charge on any atom is 0.248 e. The van der Waals surface area contributed by atoms with Crippen molar-refractivity contribution in [2.24, 2.45) is 5.73 Å². The molecule has 0 aliphatic carbocycles. The lowest BCUT2D eigenvalue weighted by Crippen LogP contribution is -2.14. The highest BCUT2D eigenvalue weighted by atomic mass is 16.3. The van der Waals surface area contributed by atoms with E-state index in [4.69, 9.17) is 5.73 Å². The van der Waals surface area contributed by atoms with E-state index in [1.807, 2.05) is 26.8 Å². The van der Waals surface area contributed by atoms with Gasteiger partial charge in [0.05, 0.1) is 0 Å². The number of nitrogens with zero attached hydrogens (tertiary/aromatic N) is 3. The molecule has 7 nitrogen and oxygen atoms in total. The molecule has 0 bridgehead atoms. The van der Waals surface area contributed by atoms with Crippen molar-refractivity contribution in [2.75, 3.05) is 6.61 Å². The first-order valence-electron chi connectivity index (χ1n) is 8.35. The van der Waals surface area contributed by atoms with Crippen LogP contribution < -0.4 is 5.73 Å². The van der Waals surface area contributed by atoms with Gasteiger partial charge in [0.25, 0.3) is 0 Å². The molecule has 3 aromatic rings. The Kier molecular flexibility index (Phi) is 4.41. The van der Waals surface area contributed by atoms with Crippen LogP contribution in [0.5, 0.6) is 5.75 Å². The van der Waals surface area contributed by atoms with Gasteiger partial charge in [-0.15, -0.1) is 15.0 Å². The smallest absolute Gasteiger partial charge is 0.248 e. The van der Waals surface area contributed by atoms with E-state index in [1.165, 1.54) is 4.80 Å². The van der Waals surface area contributed by atoms with E-state index in [1.54, 1.807) is 24.3 Å². The van der Waals surface area contributed by atoms with Crippen molar-refractivity contribution in [3.63, 3.8) is 0 Å². The normalized spacial score (nSPS) is 11.8. The fourth-order valence-electron chi connectivity index (χ4n) is 2.85. The van der Waals surface area contributed by atoms with Crippen LogP contribution in [0.4, 0.5) is 0 Å². The minimum Gasteiger partial charge on any atom is -0.505 e. The van der Waals surface area contributed by atoms with Gasteiger partial charge in [-0.3, -0.25) is 4.79 Å². The number of amides is 1. The summed E-state index contributed by atoms with van der Waals surface area (Å²) in [6.07, 6.45) is 0.461. The highest BCUT2D eigenvalue weighted by molar-refractivity contribution is 5.96. The quantitative estimate of drug-likeness (QED) is 0.663. The number of carbonyl (C=O) groups excluding carboxylic acids is 1. The Labute approximate surface area is 151 Å². The highest BCUT2D eigenvalue weighted by Crippen LogP contribution is 2.36. The Morgan fingerprint density at radius 2 is 1.85 bits per heavy atom. The van der Waals surface area contributed by atoms with Crippen molar-refractivity contribution in [3.8, 4) is 11.4 Å². The minimum atomic E-state index is -0.538. The summed E-state index contributed by atoms with van der Waals surface area (Å²) in [6.45, 7) is 6.01. The molecule has 1 heterocycles. The molecule has 1 amide bonds. The number of hydrogen-bond acceptors (Lipinski definition) is 5. The molecule has 0 saturated carbocycles. The number of primary amides is 1. The van der Waals surface area contributed by atoms with Crippen molar-refractivity contribution in [3.05, 3.63) is 47.0 Å². The molecule has 0 unspecified atom stereocenters. The van der Waals surface area contributed by atoms with Crippen molar-refractivity contribution in [1.82, 2.24) is 15.0 Å². The molecule has 0 spiro atoms. The third-order valence-corrected chi connectivity index (χ3v) is 4.24. The average Bonchev–Trinajstić information content (AvgIpc) is 2.98. The summed E-state index contributed by atoms with van der Waals surface area (Å²) >= 11 is 0. The highest BCUT2D eigenvalue weighted by Gasteiger charge is 2.23. The zero-order valence-electron chi connectivity index (χ0n) is 15.0. The predicted molar refractivity (Wildman–Crippen MR) is 98.5 cm³/mol. The number of nitrogens with two attached hydrogens (primary N) is 1. The first-order valence-corrected chi connectivity index (χ1v) is 8.35. The molecule has 0 aliphatic heterocycles. The number of aliphatic hydroxyl groups is 1. The summed E-state index contributed by atoms with van der Waals surface area (Å²) in [5.41, 5.74) is 8.50. The summed E-state index contributed by atoms with van der Waals surface area (Å²) in [5.74, 6) is -0.445. The molecule has 4 N–H and O–H groups in total. The van der Waals surface area contributed by atoms with Crippen molar-refractivity contribution < 1.29 is 15.0 Å². The number of aromatic hydroxyl groups is 1. The summed E-state index contributed by atoms with van der Waals surface area (Å²) < 4.78 is 0. The van der Waals surface area contributed by atoms with Crippen molar-refractivity contribution in [1.29, 1.82) is 0 Å². The average molecular weight is 354 g/mol. The lowest BCUT2D eigenvalue weighted by molar-refractivity contribution is 0.100. The van der Waals surface area contributed by atoms with Crippen LogP contribution in [-0.4, -0.2) is 37.7 Å². The fraction of sp³-hybridized carbons (Fsp3) is 0.316. The Balaban J connectivity index is 2.20.